The van der Waals surface area contributed by atoms with Crippen LogP contribution in [0.5, 0.6) is 0 Å². The SMILES string of the molecule is Cc1ccc(Nc2ncc(Cl)c(Nc3ccc4ccccc4c3)n2)cc1NC(=O)/C=C/CN(C)C. The second kappa shape index (κ2) is 11.0. The Kier molecular flexibility index (Phi) is 7.60. The van der Waals surface area contributed by atoms with E-state index in [1.54, 1.807) is 6.20 Å². The number of amides is 1. The number of aryl methyl sites for hydroxylation is 1. The van der Waals surface area contributed by atoms with Gasteiger partial charge in [-0.25, -0.2) is 4.98 Å². The minimum atomic E-state index is -0.184. The summed E-state index contributed by atoms with van der Waals surface area (Å²) in [6, 6.07) is 19.9. The zero-order chi connectivity index (χ0) is 24.8. The van der Waals surface area contributed by atoms with Gasteiger partial charge in [0.1, 0.15) is 5.02 Å². The standard InChI is InChI=1S/C27H27ClN6O/c1-18-10-12-22(16-24(18)32-25(35)9-6-14-34(2)3)31-27-29-17-23(28)26(33-27)30-21-13-11-19-7-4-5-8-20(19)15-21/h4-13,15-17H,14H2,1-3H3,(H,32,35)(H2,29,30,31,33)/b9-6+. The van der Waals surface area contributed by atoms with Gasteiger partial charge in [-0.3, -0.25) is 4.79 Å². The Bertz CT molecular complexity index is 1390. The van der Waals surface area contributed by atoms with Gasteiger partial charge in [0, 0.05) is 29.7 Å². The molecule has 0 aliphatic rings. The zero-order valence-corrected chi connectivity index (χ0v) is 20.6. The number of carbonyl (C=O) groups excluding carboxylic acids is 1. The van der Waals surface area contributed by atoms with Crippen LogP contribution in [0, 0.1) is 6.92 Å². The predicted molar refractivity (Wildman–Crippen MR) is 145 cm³/mol. The molecule has 3 N–H and O–H groups in total. The second-order valence-corrected chi connectivity index (χ2v) is 8.79. The van der Waals surface area contributed by atoms with Crippen molar-refractivity contribution in [1.29, 1.82) is 0 Å². The maximum atomic E-state index is 12.3. The highest BCUT2D eigenvalue weighted by molar-refractivity contribution is 6.32. The molecule has 1 heterocycles. The van der Waals surface area contributed by atoms with E-state index in [-0.39, 0.29) is 5.91 Å². The molecular weight excluding hydrogens is 460 g/mol. The lowest BCUT2D eigenvalue weighted by Gasteiger charge is -2.13. The molecule has 1 amide bonds. The molecule has 0 fully saturated rings. The first-order valence-electron chi connectivity index (χ1n) is 11.2. The van der Waals surface area contributed by atoms with Gasteiger partial charge in [0.05, 0.1) is 6.20 Å². The number of aromatic nitrogens is 2. The number of anilines is 5. The summed E-state index contributed by atoms with van der Waals surface area (Å²) in [6.45, 7) is 2.63. The summed E-state index contributed by atoms with van der Waals surface area (Å²) in [6.07, 6.45) is 4.90. The molecule has 4 rings (SSSR count). The lowest BCUT2D eigenvalue weighted by Crippen LogP contribution is -2.13. The highest BCUT2D eigenvalue weighted by Crippen LogP contribution is 2.28. The Morgan fingerprint density at radius 2 is 1.74 bits per heavy atom. The topological polar surface area (TPSA) is 82.2 Å². The molecule has 0 aliphatic heterocycles. The fourth-order valence-electron chi connectivity index (χ4n) is 3.43. The molecule has 0 bridgehead atoms. The van der Waals surface area contributed by atoms with Crippen molar-refractivity contribution in [2.24, 2.45) is 0 Å². The smallest absolute Gasteiger partial charge is 0.248 e. The fourth-order valence-corrected chi connectivity index (χ4v) is 3.57. The van der Waals surface area contributed by atoms with Gasteiger partial charge in [-0.05, 0) is 61.6 Å². The molecule has 178 valence electrons. The number of benzene rings is 3. The molecule has 7 nitrogen and oxygen atoms in total. The van der Waals surface area contributed by atoms with Crippen molar-refractivity contribution < 1.29 is 4.79 Å². The molecule has 1 aromatic heterocycles. The number of fused-ring (bicyclic) bond motifs is 1. The second-order valence-electron chi connectivity index (χ2n) is 8.39. The molecule has 0 spiro atoms. The maximum absolute atomic E-state index is 12.3. The highest BCUT2D eigenvalue weighted by Gasteiger charge is 2.09. The third-order valence-corrected chi connectivity index (χ3v) is 5.52. The molecule has 0 saturated heterocycles. The Morgan fingerprint density at radius 1 is 1.00 bits per heavy atom. The van der Waals surface area contributed by atoms with E-state index in [1.165, 1.54) is 6.08 Å². The van der Waals surface area contributed by atoms with Crippen LogP contribution in [0.2, 0.25) is 5.02 Å². The van der Waals surface area contributed by atoms with Crippen LogP contribution in [-0.4, -0.2) is 41.4 Å². The number of hydrogen-bond donors (Lipinski definition) is 3. The summed E-state index contributed by atoms with van der Waals surface area (Å²) in [5, 5.41) is 12.1. The van der Waals surface area contributed by atoms with E-state index in [0.29, 0.717) is 29.0 Å². The van der Waals surface area contributed by atoms with Crippen LogP contribution in [0.15, 0.2) is 79.0 Å². The molecule has 4 aromatic rings. The maximum Gasteiger partial charge on any atom is 0.248 e. The van der Waals surface area contributed by atoms with Crippen molar-refractivity contribution in [2.45, 2.75) is 6.92 Å². The lowest BCUT2D eigenvalue weighted by atomic mass is 10.1. The lowest BCUT2D eigenvalue weighted by molar-refractivity contribution is -0.111. The third kappa shape index (κ3) is 6.56. The molecule has 35 heavy (non-hydrogen) atoms. The first-order valence-corrected chi connectivity index (χ1v) is 11.5. The van der Waals surface area contributed by atoms with E-state index in [4.69, 9.17) is 11.6 Å². The molecule has 0 atom stereocenters. The largest absolute Gasteiger partial charge is 0.339 e. The fraction of sp³-hybridized carbons (Fsp3) is 0.148. The van der Waals surface area contributed by atoms with Gasteiger partial charge < -0.3 is 20.9 Å². The van der Waals surface area contributed by atoms with E-state index >= 15 is 0 Å². The monoisotopic (exact) mass is 486 g/mol. The van der Waals surface area contributed by atoms with Gasteiger partial charge in [-0.1, -0.05) is 54.1 Å². The number of hydrogen-bond acceptors (Lipinski definition) is 6. The van der Waals surface area contributed by atoms with Gasteiger partial charge in [-0.2, -0.15) is 4.98 Å². The van der Waals surface area contributed by atoms with Gasteiger partial charge in [0.2, 0.25) is 11.9 Å². The van der Waals surface area contributed by atoms with Crippen molar-refractivity contribution in [1.82, 2.24) is 14.9 Å². The summed E-state index contributed by atoms with van der Waals surface area (Å²) < 4.78 is 0. The van der Waals surface area contributed by atoms with Crippen molar-refractivity contribution in [3.63, 3.8) is 0 Å². The Balaban J connectivity index is 1.49. The van der Waals surface area contributed by atoms with Crippen molar-refractivity contribution in [3.8, 4) is 0 Å². The summed E-state index contributed by atoms with van der Waals surface area (Å²) in [5.74, 6) is 0.688. The van der Waals surface area contributed by atoms with Crippen LogP contribution < -0.4 is 16.0 Å². The van der Waals surface area contributed by atoms with Crippen LogP contribution in [0.3, 0.4) is 0 Å². The van der Waals surface area contributed by atoms with Gasteiger partial charge in [0.15, 0.2) is 5.82 Å². The van der Waals surface area contributed by atoms with E-state index in [0.717, 1.165) is 27.7 Å². The summed E-state index contributed by atoms with van der Waals surface area (Å²) in [4.78, 5) is 23.1. The van der Waals surface area contributed by atoms with E-state index in [1.807, 2.05) is 80.5 Å². The number of nitrogens with zero attached hydrogens (tertiary/aromatic N) is 3. The van der Waals surface area contributed by atoms with Gasteiger partial charge in [0.25, 0.3) is 0 Å². The molecule has 8 heteroatoms. The summed E-state index contributed by atoms with van der Waals surface area (Å²) >= 11 is 6.36. The minimum absolute atomic E-state index is 0.184. The van der Waals surface area contributed by atoms with Crippen molar-refractivity contribution >= 4 is 57.1 Å². The van der Waals surface area contributed by atoms with Crippen LogP contribution in [0.4, 0.5) is 28.8 Å². The Hall–Kier alpha value is -3.94. The molecular formula is C27H27ClN6O. The number of nitrogens with one attached hydrogen (secondary N) is 3. The number of carbonyl (C=O) groups is 1. The summed E-state index contributed by atoms with van der Waals surface area (Å²) in [5.41, 5.74) is 3.26. The minimum Gasteiger partial charge on any atom is -0.339 e. The van der Waals surface area contributed by atoms with Crippen LogP contribution >= 0.6 is 11.6 Å². The van der Waals surface area contributed by atoms with Crippen LogP contribution in [0.1, 0.15) is 5.56 Å². The highest BCUT2D eigenvalue weighted by atomic mass is 35.5. The Morgan fingerprint density at radius 3 is 2.54 bits per heavy atom. The predicted octanol–water partition coefficient (Wildman–Crippen LogP) is 6.14. The first kappa shape index (κ1) is 24.2. The molecule has 3 aromatic carbocycles. The van der Waals surface area contributed by atoms with Crippen LogP contribution in [-0.2, 0) is 4.79 Å². The number of halogens is 1. The molecule has 0 aliphatic carbocycles. The molecule has 0 unspecified atom stereocenters. The zero-order valence-electron chi connectivity index (χ0n) is 19.8. The number of likely N-dealkylation sites (N-methyl/N-ethyl adjacent to an activating group) is 1. The normalized spacial score (nSPS) is 11.2. The van der Waals surface area contributed by atoms with Gasteiger partial charge >= 0.3 is 0 Å². The Labute approximate surface area is 209 Å². The first-order chi connectivity index (χ1) is 16.9. The third-order valence-electron chi connectivity index (χ3n) is 5.25. The molecule has 0 saturated carbocycles. The molecule has 0 radical (unpaired) electrons. The average Bonchev–Trinajstić information content (AvgIpc) is 2.83. The van der Waals surface area contributed by atoms with Crippen molar-refractivity contribution in [3.05, 3.63) is 89.6 Å². The van der Waals surface area contributed by atoms with E-state index in [2.05, 4.69) is 38.1 Å². The quantitative estimate of drug-likeness (QED) is 0.260. The van der Waals surface area contributed by atoms with E-state index in [9.17, 15) is 4.79 Å². The summed E-state index contributed by atoms with van der Waals surface area (Å²) in [7, 11) is 3.90. The average molecular weight is 487 g/mol. The number of rotatable bonds is 8. The van der Waals surface area contributed by atoms with Crippen molar-refractivity contribution in [2.75, 3.05) is 36.6 Å². The van der Waals surface area contributed by atoms with Crippen LogP contribution in [0.25, 0.3) is 10.8 Å². The van der Waals surface area contributed by atoms with Gasteiger partial charge in [-0.15, -0.1) is 0 Å². The van der Waals surface area contributed by atoms with E-state index < -0.39 is 0 Å².